The summed E-state index contributed by atoms with van der Waals surface area (Å²) < 4.78 is 5.26. The van der Waals surface area contributed by atoms with Crippen LogP contribution in [0, 0.1) is 19.3 Å². The Hall–Kier alpha value is -3.32. The van der Waals surface area contributed by atoms with Gasteiger partial charge in [0.25, 0.3) is 5.91 Å². The number of aryl methyl sites for hydroxylation is 1. The van der Waals surface area contributed by atoms with Crippen LogP contribution in [0.1, 0.15) is 21.7 Å². The van der Waals surface area contributed by atoms with Gasteiger partial charge in [-0.1, -0.05) is 71.2 Å². The van der Waals surface area contributed by atoms with Gasteiger partial charge in [-0.15, -0.1) is 6.42 Å². The van der Waals surface area contributed by atoms with E-state index in [2.05, 4.69) is 11.1 Å². The fraction of sp³-hybridized carbons (Fsp3) is 0.143. The summed E-state index contributed by atoms with van der Waals surface area (Å²) in [5, 5.41) is 3.99. The Morgan fingerprint density at radius 1 is 1.16 bits per heavy atom. The highest BCUT2D eigenvalue weighted by Crippen LogP contribution is 2.20. The van der Waals surface area contributed by atoms with E-state index in [0.717, 1.165) is 11.1 Å². The molecule has 1 aromatic heterocycles. The van der Waals surface area contributed by atoms with Crippen molar-refractivity contribution in [3.8, 4) is 23.6 Å². The van der Waals surface area contributed by atoms with Gasteiger partial charge in [0.1, 0.15) is 5.69 Å². The van der Waals surface area contributed by atoms with Crippen LogP contribution in [0.15, 0.2) is 65.2 Å². The third-order valence-electron chi connectivity index (χ3n) is 3.85. The molecule has 0 fully saturated rings. The van der Waals surface area contributed by atoms with Crippen LogP contribution in [0.3, 0.4) is 0 Å². The summed E-state index contributed by atoms with van der Waals surface area (Å²) in [4.78, 5) is 14.3. The number of rotatable bonds is 5. The second-order valence-electron chi connectivity index (χ2n) is 5.79. The van der Waals surface area contributed by atoms with Crippen LogP contribution in [0.4, 0.5) is 0 Å². The van der Waals surface area contributed by atoms with Gasteiger partial charge < -0.3 is 9.42 Å². The normalized spacial score (nSPS) is 10.2. The lowest BCUT2D eigenvalue weighted by Crippen LogP contribution is -2.30. The molecule has 0 aliphatic heterocycles. The van der Waals surface area contributed by atoms with Gasteiger partial charge in [-0.2, -0.15) is 0 Å². The quantitative estimate of drug-likeness (QED) is 0.666. The Bertz CT molecular complexity index is 890. The summed E-state index contributed by atoms with van der Waals surface area (Å²) >= 11 is 0. The van der Waals surface area contributed by atoms with Gasteiger partial charge >= 0.3 is 0 Å². The van der Waals surface area contributed by atoms with Crippen molar-refractivity contribution < 1.29 is 9.32 Å². The largest absolute Gasteiger partial charge is 0.350 e. The van der Waals surface area contributed by atoms with E-state index < -0.39 is 0 Å². The lowest BCUT2D eigenvalue weighted by molar-refractivity contribution is 0.0724. The molecule has 2 aromatic carbocycles. The molecule has 0 unspecified atom stereocenters. The van der Waals surface area contributed by atoms with Crippen molar-refractivity contribution in [3.63, 3.8) is 0 Å². The molecule has 3 aromatic rings. The molecule has 0 bridgehead atoms. The Labute approximate surface area is 147 Å². The zero-order chi connectivity index (χ0) is 17.6. The van der Waals surface area contributed by atoms with Crippen molar-refractivity contribution in [2.24, 2.45) is 0 Å². The van der Waals surface area contributed by atoms with E-state index in [0.29, 0.717) is 12.2 Å². The van der Waals surface area contributed by atoms with Crippen molar-refractivity contribution in [2.45, 2.75) is 13.5 Å². The zero-order valence-electron chi connectivity index (χ0n) is 14.0. The Balaban J connectivity index is 1.80. The average molecular weight is 330 g/mol. The molecule has 1 heterocycles. The molecule has 124 valence electrons. The number of benzene rings is 2. The van der Waals surface area contributed by atoms with E-state index in [-0.39, 0.29) is 18.2 Å². The lowest BCUT2D eigenvalue weighted by Gasteiger charge is -2.18. The SMILES string of the molecule is C#CCN(Cc1ccc(C)cc1)C(=O)c1cc(-c2ccccc2)no1. The number of terminal acetylenes is 1. The van der Waals surface area contributed by atoms with Gasteiger partial charge in [0.15, 0.2) is 0 Å². The minimum absolute atomic E-state index is 0.182. The Morgan fingerprint density at radius 2 is 1.88 bits per heavy atom. The fourth-order valence-electron chi connectivity index (χ4n) is 2.50. The fourth-order valence-corrected chi connectivity index (χ4v) is 2.50. The minimum Gasteiger partial charge on any atom is -0.350 e. The molecule has 0 radical (unpaired) electrons. The van der Waals surface area contributed by atoms with Gasteiger partial charge in [-0.25, -0.2) is 0 Å². The number of amides is 1. The van der Waals surface area contributed by atoms with Crippen molar-refractivity contribution in [3.05, 3.63) is 77.6 Å². The second-order valence-corrected chi connectivity index (χ2v) is 5.79. The summed E-state index contributed by atoms with van der Waals surface area (Å²) in [5.41, 5.74) is 3.70. The van der Waals surface area contributed by atoms with E-state index in [9.17, 15) is 4.79 Å². The van der Waals surface area contributed by atoms with Crippen molar-refractivity contribution in [2.75, 3.05) is 6.54 Å². The number of carbonyl (C=O) groups excluding carboxylic acids is 1. The molecule has 0 N–H and O–H groups in total. The standard InChI is InChI=1S/C21H18N2O2/c1-3-13-23(15-17-11-9-16(2)10-12-17)21(24)20-14-19(22-25-20)18-7-5-4-6-8-18/h1,4-12,14H,13,15H2,2H3. The van der Waals surface area contributed by atoms with Gasteiger partial charge in [0.2, 0.25) is 5.76 Å². The van der Waals surface area contributed by atoms with Crippen LogP contribution < -0.4 is 0 Å². The lowest BCUT2D eigenvalue weighted by atomic mass is 10.1. The molecule has 0 spiro atoms. The first-order chi connectivity index (χ1) is 12.2. The molecule has 0 atom stereocenters. The number of nitrogens with zero attached hydrogens (tertiary/aromatic N) is 2. The number of hydrogen-bond acceptors (Lipinski definition) is 3. The molecule has 0 saturated carbocycles. The summed E-state index contributed by atoms with van der Waals surface area (Å²) in [6.45, 7) is 2.65. The number of aromatic nitrogens is 1. The molecule has 0 aliphatic carbocycles. The first-order valence-corrected chi connectivity index (χ1v) is 7.98. The van der Waals surface area contributed by atoms with Crippen LogP contribution >= 0.6 is 0 Å². The summed E-state index contributed by atoms with van der Waals surface area (Å²) in [7, 11) is 0. The monoisotopic (exact) mass is 330 g/mol. The highest BCUT2D eigenvalue weighted by atomic mass is 16.5. The second kappa shape index (κ2) is 7.50. The Morgan fingerprint density at radius 3 is 2.56 bits per heavy atom. The maximum Gasteiger partial charge on any atom is 0.293 e. The van der Waals surface area contributed by atoms with E-state index >= 15 is 0 Å². The smallest absolute Gasteiger partial charge is 0.293 e. The van der Waals surface area contributed by atoms with Crippen molar-refractivity contribution in [1.29, 1.82) is 0 Å². The zero-order valence-corrected chi connectivity index (χ0v) is 14.0. The average Bonchev–Trinajstić information content (AvgIpc) is 3.13. The van der Waals surface area contributed by atoms with Crippen LogP contribution in [0.25, 0.3) is 11.3 Å². The number of hydrogen-bond donors (Lipinski definition) is 0. The van der Waals surface area contributed by atoms with Crippen LogP contribution in [0.5, 0.6) is 0 Å². The van der Waals surface area contributed by atoms with Gasteiger partial charge in [0, 0.05) is 18.2 Å². The molecular formula is C21H18N2O2. The highest BCUT2D eigenvalue weighted by molar-refractivity contribution is 5.92. The van der Waals surface area contributed by atoms with E-state index in [1.165, 1.54) is 5.56 Å². The van der Waals surface area contributed by atoms with Gasteiger partial charge in [-0.05, 0) is 12.5 Å². The molecule has 25 heavy (non-hydrogen) atoms. The number of carbonyl (C=O) groups is 1. The maximum atomic E-state index is 12.7. The highest BCUT2D eigenvalue weighted by Gasteiger charge is 2.20. The van der Waals surface area contributed by atoms with E-state index in [4.69, 9.17) is 10.9 Å². The molecule has 0 aliphatic rings. The first-order valence-electron chi connectivity index (χ1n) is 7.98. The maximum absolute atomic E-state index is 12.7. The Kier molecular flexibility index (Phi) is 4.96. The third kappa shape index (κ3) is 3.96. The summed E-state index contributed by atoms with van der Waals surface area (Å²) in [6, 6.07) is 19.2. The molecule has 4 nitrogen and oxygen atoms in total. The van der Waals surface area contributed by atoms with Crippen LogP contribution in [0.2, 0.25) is 0 Å². The molecule has 4 heteroatoms. The van der Waals surface area contributed by atoms with E-state index in [1.807, 2.05) is 61.5 Å². The molecule has 1 amide bonds. The predicted molar refractivity (Wildman–Crippen MR) is 96.7 cm³/mol. The van der Waals surface area contributed by atoms with Gasteiger partial charge in [0.05, 0.1) is 6.54 Å². The predicted octanol–water partition coefficient (Wildman–Crippen LogP) is 3.93. The van der Waals surface area contributed by atoms with Gasteiger partial charge in [-0.3, -0.25) is 4.79 Å². The molecule has 3 rings (SSSR count). The molecular weight excluding hydrogens is 312 g/mol. The summed E-state index contributed by atoms with van der Waals surface area (Å²) in [6.07, 6.45) is 5.43. The first kappa shape index (κ1) is 16.5. The third-order valence-corrected chi connectivity index (χ3v) is 3.85. The topological polar surface area (TPSA) is 46.3 Å². The van der Waals surface area contributed by atoms with Crippen molar-refractivity contribution in [1.82, 2.24) is 10.1 Å². The van der Waals surface area contributed by atoms with Crippen LogP contribution in [-0.2, 0) is 6.54 Å². The van der Waals surface area contributed by atoms with Crippen molar-refractivity contribution >= 4 is 5.91 Å². The minimum atomic E-state index is -0.270. The van der Waals surface area contributed by atoms with Crippen LogP contribution in [-0.4, -0.2) is 22.5 Å². The molecule has 0 saturated heterocycles. The van der Waals surface area contributed by atoms with E-state index in [1.54, 1.807) is 11.0 Å². The summed E-state index contributed by atoms with van der Waals surface area (Å²) in [5.74, 6) is 2.44.